The molecular weight excluding hydrogens is 371 g/mol. The van der Waals surface area contributed by atoms with Gasteiger partial charge in [-0.25, -0.2) is 4.39 Å². The molecule has 2 aromatic rings. The highest BCUT2D eigenvalue weighted by molar-refractivity contribution is 5.79. The van der Waals surface area contributed by atoms with Gasteiger partial charge in [0.05, 0.1) is 26.0 Å². The Balaban J connectivity index is 1.48. The number of guanidine groups is 1. The average molecular weight is 403 g/mol. The number of ether oxygens (including phenoxy) is 1. The monoisotopic (exact) mass is 402 g/mol. The van der Waals surface area contributed by atoms with E-state index in [2.05, 4.69) is 15.5 Å². The zero-order chi connectivity index (χ0) is 20.3. The zero-order valence-electron chi connectivity index (χ0n) is 17.1. The van der Waals surface area contributed by atoms with Gasteiger partial charge in [-0.15, -0.1) is 0 Å². The lowest BCUT2D eigenvalue weighted by atomic mass is 10.1. The van der Waals surface area contributed by atoms with E-state index in [0.717, 1.165) is 88.2 Å². The summed E-state index contributed by atoms with van der Waals surface area (Å²) in [6.07, 6.45) is 3.30. The SMILES string of the molecule is Cc1cc(F)ccc1CCNC(=NCCN1CCOCC1)NCCc1ccco1. The van der Waals surface area contributed by atoms with Crippen LogP contribution in [0.3, 0.4) is 0 Å². The van der Waals surface area contributed by atoms with E-state index >= 15 is 0 Å². The summed E-state index contributed by atoms with van der Waals surface area (Å²) in [6, 6.07) is 8.82. The molecule has 1 fully saturated rings. The van der Waals surface area contributed by atoms with Crippen molar-refractivity contribution >= 4 is 5.96 Å². The summed E-state index contributed by atoms with van der Waals surface area (Å²) in [5.74, 6) is 1.56. The van der Waals surface area contributed by atoms with Gasteiger partial charge in [0.15, 0.2) is 5.96 Å². The third-order valence-electron chi connectivity index (χ3n) is 5.03. The van der Waals surface area contributed by atoms with Crippen LogP contribution in [0.25, 0.3) is 0 Å². The summed E-state index contributed by atoms with van der Waals surface area (Å²) < 4.78 is 24.1. The zero-order valence-corrected chi connectivity index (χ0v) is 17.1. The minimum absolute atomic E-state index is 0.191. The molecule has 1 aliphatic heterocycles. The van der Waals surface area contributed by atoms with Gasteiger partial charge >= 0.3 is 0 Å². The number of aryl methyl sites for hydroxylation is 1. The van der Waals surface area contributed by atoms with Gasteiger partial charge in [0.2, 0.25) is 0 Å². The van der Waals surface area contributed by atoms with Crippen molar-refractivity contribution in [3.63, 3.8) is 0 Å². The molecule has 2 heterocycles. The van der Waals surface area contributed by atoms with E-state index in [4.69, 9.17) is 14.1 Å². The molecule has 0 atom stereocenters. The van der Waals surface area contributed by atoms with Crippen molar-refractivity contribution in [3.8, 4) is 0 Å². The van der Waals surface area contributed by atoms with Crippen molar-refractivity contribution < 1.29 is 13.5 Å². The standard InChI is InChI=1S/C22H31FN4O2/c1-18-17-20(23)5-4-19(18)6-8-24-22(25-9-7-21-3-2-14-29-21)26-10-11-27-12-15-28-16-13-27/h2-5,14,17H,6-13,15-16H2,1H3,(H2,24,25,26). The van der Waals surface area contributed by atoms with E-state index in [0.29, 0.717) is 0 Å². The Morgan fingerprint density at radius 1 is 1.14 bits per heavy atom. The molecule has 1 aromatic carbocycles. The smallest absolute Gasteiger partial charge is 0.191 e. The Hall–Kier alpha value is -2.38. The number of hydrogen-bond acceptors (Lipinski definition) is 4. The van der Waals surface area contributed by atoms with Crippen LogP contribution in [0.4, 0.5) is 4.39 Å². The third kappa shape index (κ3) is 7.51. The Labute approximate surface area is 172 Å². The van der Waals surface area contributed by atoms with Gasteiger partial charge in [-0.1, -0.05) is 6.07 Å². The molecule has 158 valence electrons. The highest BCUT2D eigenvalue weighted by Gasteiger charge is 2.09. The van der Waals surface area contributed by atoms with E-state index in [9.17, 15) is 4.39 Å². The van der Waals surface area contributed by atoms with Gasteiger partial charge in [0, 0.05) is 39.1 Å². The maximum absolute atomic E-state index is 13.3. The van der Waals surface area contributed by atoms with Crippen molar-refractivity contribution in [2.24, 2.45) is 4.99 Å². The van der Waals surface area contributed by atoms with Crippen LogP contribution in [-0.2, 0) is 17.6 Å². The molecule has 0 saturated carbocycles. The number of halogens is 1. The normalized spacial score (nSPS) is 15.4. The van der Waals surface area contributed by atoms with Crippen LogP contribution in [0, 0.1) is 12.7 Å². The fraction of sp³-hybridized carbons (Fsp3) is 0.500. The van der Waals surface area contributed by atoms with Gasteiger partial charge in [0.1, 0.15) is 11.6 Å². The van der Waals surface area contributed by atoms with Gasteiger partial charge in [-0.2, -0.15) is 0 Å². The quantitative estimate of drug-likeness (QED) is 0.498. The first-order chi connectivity index (χ1) is 14.2. The summed E-state index contributed by atoms with van der Waals surface area (Å²) in [5.41, 5.74) is 2.12. The molecule has 29 heavy (non-hydrogen) atoms. The summed E-state index contributed by atoms with van der Waals surface area (Å²) in [7, 11) is 0. The molecule has 7 heteroatoms. The Morgan fingerprint density at radius 3 is 2.66 bits per heavy atom. The number of benzene rings is 1. The van der Waals surface area contributed by atoms with Crippen LogP contribution in [-0.4, -0.2) is 63.3 Å². The van der Waals surface area contributed by atoms with E-state index in [-0.39, 0.29) is 5.82 Å². The van der Waals surface area contributed by atoms with Crippen LogP contribution in [0.15, 0.2) is 46.0 Å². The highest BCUT2D eigenvalue weighted by atomic mass is 19.1. The van der Waals surface area contributed by atoms with Crippen molar-refractivity contribution in [1.29, 1.82) is 0 Å². The molecule has 0 aliphatic carbocycles. The second-order valence-corrected chi connectivity index (χ2v) is 7.19. The van der Waals surface area contributed by atoms with Gasteiger partial charge in [0.25, 0.3) is 0 Å². The minimum atomic E-state index is -0.191. The number of furan rings is 1. The lowest BCUT2D eigenvalue weighted by molar-refractivity contribution is 0.0394. The van der Waals surface area contributed by atoms with E-state index in [1.807, 2.05) is 25.1 Å². The predicted molar refractivity (Wildman–Crippen MR) is 113 cm³/mol. The molecule has 1 saturated heterocycles. The Kier molecular flexibility index (Phi) is 8.52. The molecule has 0 amide bonds. The molecular formula is C22H31FN4O2. The van der Waals surface area contributed by atoms with Crippen molar-refractivity contribution in [2.45, 2.75) is 19.8 Å². The van der Waals surface area contributed by atoms with Crippen molar-refractivity contribution in [2.75, 3.05) is 52.5 Å². The van der Waals surface area contributed by atoms with Crippen LogP contribution >= 0.6 is 0 Å². The molecule has 0 unspecified atom stereocenters. The maximum atomic E-state index is 13.3. The molecule has 1 aliphatic rings. The van der Waals surface area contributed by atoms with Crippen LogP contribution in [0.1, 0.15) is 16.9 Å². The molecule has 0 bridgehead atoms. The van der Waals surface area contributed by atoms with Crippen molar-refractivity contribution in [1.82, 2.24) is 15.5 Å². The number of nitrogens with one attached hydrogen (secondary N) is 2. The molecule has 1 aromatic heterocycles. The van der Waals surface area contributed by atoms with Crippen LogP contribution < -0.4 is 10.6 Å². The van der Waals surface area contributed by atoms with E-state index in [1.54, 1.807) is 12.3 Å². The van der Waals surface area contributed by atoms with Crippen LogP contribution in [0.5, 0.6) is 0 Å². The van der Waals surface area contributed by atoms with Gasteiger partial charge in [-0.3, -0.25) is 9.89 Å². The molecule has 6 nitrogen and oxygen atoms in total. The maximum Gasteiger partial charge on any atom is 0.191 e. The first-order valence-electron chi connectivity index (χ1n) is 10.3. The number of rotatable bonds is 9. The van der Waals surface area contributed by atoms with E-state index in [1.165, 1.54) is 6.07 Å². The minimum Gasteiger partial charge on any atom is -0.469 e. The number of hydrogen-bond donors (Lipinski definition) is 2. The number of morpholine rings is 1. The number of nitrogens with zero attached hydrogens (tertiary/aromatic N) is 2. The summed E-state index contributed by atoms with van der Waals surface area (Å²) in [6.45, 7) is 8.60. The second-order valence-electron chi connectivity index (χ2n) is 7.19. The fourth-order valence-corrected chi connectivity index (χ4v) is 3.32. The molecule has 3 rings (SSSR count). The third-order valence-corrected chi connectivity index (χ3v) is 5.03. The number of aliphatic imine (C=N–C) groups is 1. The predicted octanol–water partition coefficient (Wildman–Crippen LogP) is 2.38. The molecule has 2 N–H and O–H groups in total. The van der Waals surface area contributed by atoms with Gasteiger partial charge in [-0.05, 0) is 48.7 Å². The van der Waals surface area contributed by atoms with Crippen LogP contribution in [0.2, 0.25) is 0 Å². The Bertz CT molecular complexity index is 758. The molecule has 0 spiro atoms. The van der Waals surface area contributed by atoms with Gasteiger partial charge < -0.3 is 19.8 Å². The summed E-state index contributed by atoms with van der Waals surface area (Å²) in [4.78, 5) is 7.10. The van der Waals surface area contributed by atoms with Crippen molar-refractivity contribution in [3.05, 3.63) is 59.3 Å². The lowest BCUT2D eigenvalue weighted by Gasteiger charge is -2.25. The lowest BCUT2D eigenvalue weighted by Crippen LogP contribution is -2.41. The Morgan fingerprint density at radius 2 is 1.93 bits per heavy atom. The average Bonchev–Trinajstić information content (AvgIpc) is 3.23. The first kappa shape index (κ1) is 21.3. The largest absolute Gasteiger partial charge is 0.469 e. The topological polar surface area (TPSA) is 62.0 Å². The van der Waals surface area contributed by atoms with E-state index < -0.39 is 0 Å². The summed E-state index contributed by atoms with van der Waals surface area (Å²) >= 11 is 0. The molecule has 0 radical (unpaired) electrons. The first-order valence-corrected chi connectivity index (χ1v) is 10.3. The highest BCUT2D eigenvalue weighted by Crippen LogP contribution is 2.10. The fourth-order valence-electron chi connectivity index (χ4n) is 3.32. The second kappa shape index (κ2) is 11.6. The summed E-state index contributed by atoms with van der Waals surface area (Å²) in [5, 5.41) is 6.78.